The molecule has 1 unspecified atom stereocenters. The van der Waals surface area contributed by atoms with Crippen molar-refractivity contribution in [3.05, 3.63) is 61.8 Å². The van der Waals surface area contributed by atoms with E-state index in [1.807, 2.05) is 17.5 Å². The topological polar surface area (TPSA) is 63.5 Å². The number of amides is 1. The highest BCUT2D eigenvalue weighted by molar-refractivity contribution is 7.99. The Hall–Kier alpha value is -1.86. The smallest absolute Gasteiger partial charge is 0.273 e. The fourth-order valence-corrected chi connectivity index (χ4v) is 4.69. The summed E-state index contributed by atoms with van der Waals surface area (Å²) in [6.45, 7) is 2.33. The summed E-state index contributed by atoms with van der Waals surface area (Å²) in [5.41, 5.74) is 0.930. The van der Waals surface area contributed by atoms with Gasteiger partial charge in [-0.3, -0.25) is 14.9 Å². The number of nitrogens with zero attached hydrogens (tertiary/aromatic N) is 2. The van der Waals surface area contributed by atoms with E-state index in [9.17, 15) is 14.9 Å². The second-order valence-electron chi connectivity index (χ2n) is 5.00. The molecular formula is C15H14N2O3S2. The molecule has 0 saturated carbocycles. The number of nitro groups is 1. The van der Waals surface area contributed by atoms with Crippen molar-refractivity contribution in [3.63, 3.8) is 0 Å². The van der Waals surface area contributed by atoms with E-state index >= 15 is 0 Å². The van der Waals surface area contributed by atoms with Crippen LogP contribution in [0.5, 0.6) is 0 Å². The highest BCUT2D eigenvalue weighted by atomic mass is 32.2. The summed E-state index contributed by atoms with van der Waals surface area (Å²) >= 11 is 3.35. The van der Waals surface area contributed by atoms with Gasteiger partial charge in [-0.15, -0.1) is 23.1 Å². The van der Waals surface area contributed by atoms with Gasteiger partial charge in [-0.25, -0.2) is 0 Å². The molecule has 0 radical (unpaired) electrons. The normalized spacial score (nSPS) is 17.7. The van der Waals surface area contributed by atoms with Crippen LogP contribution >= 0.6 is 23.1 Å². The number of carbonyl (C=O) groups excluding carboxylic acids is 1. The van der Waals surface area contributed by atoms with Crippen molar-refractivity contribution in [1.82, 2.24) is 4.90 Å². The van der Waals surface area contributed by atoms with E-state index in [2.05, 4.69) is 0 Å². The van der Waals surface area contributed by atoms with E-state index < -0.39 is 4.92 Å². The molecule has 1 saturated heterocycles. The van der Waals surface area contributed by atoms with Gasteiger partial charge in [0, 0.05) is 34.4 Å². The fraction of sp³-hybridized carbons (Fsp3) is 0.267. The summed E-state index contributed by atoms with van der Waals surface area (Å²) < 4.78 is 0. The molecule has 1 aromatic heterocycles. The maximum atomic E-state index is 12.7. The van der Waals surface area contributed by atoms with E-state index in [0.717, 1.165) is 10.6 Å². The molecule has 22 heavy (non-hydrogen) atoms. The molecule has 0 aliphatic carbocycles. The number of nitro benzene ring substituents is 1. The van der Waals surface area contributed by atoms with E-state index in [0.29, 0.717) is 17.7 Å². The lowest BCUT2D eigenvalue weighted by atomic mass is 10.1. The Morgan fingerprint density at radius 2 is 2.23 bits per heavy atom. The standard InChI is InChI=1S/C15H14N2O3S2/c1-10-4-5-11(9-12(10)17(19)20)14(18)16-6-8-22-15(16)13-3-2-7-21-13/h2-5,7,9,15H,6,8H2,1H3. The van der Waals surface area contributed by atoms with Crippen molar-refractivity contribution in [3.8, 4) is 0 Å². The second kappa shape index (κ2) is 6.10. The summed E-state index contributed by atoms with van der Waals surface area (Å²) in [5, 5.41) is 13.0. The van der Waals surface area contributed by atoms with Crippen molar-refractivity contribution in [2.24, 2.45) is 0 Å². The van der Waals surface area contributed by atoms with Crippen LogP contribution in [0.1, 0.15) is 26.2 Å². The Labute approximate surface area is 136 Å². The predicted molar refractivity (Wildman–Crippen MR) is 88.4 cm³/mol. The maximum Gasteiger partial charge on any atom is 0.273 e. The summed E-state index contributed by atoms with van der Waals surface area (Å²) in [6.07, 6.45) is 0. The van der Waals surface area contributed by atoms with Crippen molar-refractivity contribution < 1.29 is 9.72 Å². The Kier molecular flexibility index (Phi) is 4.17. The van der Waals surface area contributed by atoms with Crippen LogP contribution in [-0.4, -0.2) is 28.0 Å². The van der Waals surface area contributed by atoms with Crippen LogP contribution in [0.2, 0.25) is 0 Å². The number of thioether (sulfide) groups is 1. The number of aryl methyl sites for hydroxylation is 1. The first-order chi connectivity index (χ1) is 10.6. The number of benzene rings is 1. The molecular weight excluding hydrogens is 320 g/mol. The zero-order valence-electron chi connectivity index (χ0n) is 11.9. The minimum atomic E-state index is -0.443. The molecule has 1 aliphatic rings. The van der Waals surface area contributed by atoms with Crippen LogP contribution in [0.25, 0.3) is 0 Å². The van der Waals surface area contributed by atoms with E-state index in [1.54, 1.807) is 47.1 Å². The van der Waals surface area contributed by atoms with Gasteiger partial charge >= 0.3 is 0 Å². The Balaban J connectivity index is 1.90. The van der Waals surface area contributed by atoms with Gasteiger partial charge in [0.2, 0.25) is 0 Å². The van der Waals surface area contributed by atoms with Gasteiger partial charge in [0.1, 0.15) is 5.37 Å². The van der Waals surface area contributed by atoms with E-state index in [4.69, 9.17) is 0 Å². The van der Waals surface area contributed by atoms with Gasteiger partial charge in [-0.05, 0) is 24.4 Å². The van der Waals surface area contributed by atoms with Gasteiger partial charge in [-0.2, -0.15) is 0 Å². The van der Waals surface area contributed by atoms with Crippen molar-refractivity contribution in [1.29, 1.82) is 0 Å². The quantitative estimate of drug-likeness (QED) is 0.632. The summed E-state index contributed by atoms with van der Waals surface area (Å²) in [4.78, 5) is 26.3. The van der Waals surface area contributed by atoms with Gasteiger partial charge in [0.25, 0.3) is 11.6 Å². The molecule has 7 heteroatoms. The lowest BCUT2D eigenvalue weighted by molar-refractivity contribution is -0.385. The zero-order chi connectivity index (χ0) is 15.7. The summed E-state index contributed by atoms with van der Waals surface area (Å²) in [6, 6.07) is 8.67. The summed E-state index contributed by atoms with van der Waals surface area (Å²) in [7, 11) is 0. The van der Waals surface area contributed by atoms with Crippen LogP contribution in [0.15, 0.2) is 35.7 Å². The lowest BCUT2D eigenvalue weighted by Gasteiger charge is -2.23. The highest BCUT2D eigenvalue weighted by Gasteiger charge is 2.32. The molecule has 0 bridgehead atoms. The number of hydrogen-bond acceptors (Lipinski definition) is 5. The Bertz CT molecular complexity index is 716. The number of hydrogen-bond donors (Lipinski definition) is 0. The van der Waals surface area contributed by atoms with Gasteiger partial charge in [-0.1, -0.05) is 12.1 Å². The fourth-order valence-electron chi connectivity index (χ4n) is 2.45. The minimum Gasteiger partial charge on any atom is -0.321 e. The first-order valence-corrected chi connectivity index (χ1v) is 8.72. The monoisotopic (exact) mass is 334 g/mol. The molecule has 114 valence electrons. The van der Waals surface area contributed by atoms with Crippen LogP contribution in [0.3, 0.4) is 0 Å². The molecule has 0 N–H and O–H groups in total. The second-order valence-corrected chi connectivity index (χ2v) is 7.16. The van der Waals surface area contributed by atoms with E-state index in [-0.39, 0.29) is 17.0 Å². The third-order valence-corrected chi connectivity index (χ3v) is 5.91. The SMILES string of the molecule is Cc1ccc(C(=O)N2CCSC2c2cccs2)cc1[N+](=O)[O-]. The largest absolute Gasteiger partial charge is 0.321 e. The maximum absolute atomic E-state index is 12.7. The van der Waals surface area contributed by atoms with Crippen molar-refractivity contribution in [2.45, 2.75) is 12.3 Å². The zero-order valence-corrected chi connectivity index (χ0v) is 13.5. The summed E-state index contributed by atoms with van der Waals surface area (Å²) in [5.74, 6) is 0.730. The number of carbonyl (C=O) groups is 1. The first kappa shape index (κ1) is 15.1. The van der Waals surface area contributed by atoms with Crippen molar-refractivity contribution in [2.75, 3.05) is 12.3 Å². The molecule has 2 heterocycles. The van der Waals surface area contributed by atoms with Gasteiger partial charge in [0.05, 0.1) is 4.92 Å². The molecule has 2 aromatic rings. The van der Waals surface area contributed by atoms with Crippen molar-refractivity contribution >= 4 is 34.7 Å². The van der Waals surface area contributed by atoms with Crippen LogP contribution in [0, 0.1) is 17.0 Å². The average Bonchev–Trinajstić information content (AvgIpc) is 3.17. The van der Waals surface area contributed by atoms with Gasteiger partial charge < -0.3 is 4.90 Å². The first-order valence-electron chi connectivity index (χ1n) is 6.79. The average molecular weight is 334 g/mol. The third-order valence-electron chi connectivity index (χ3n) is 3.59. The number of thiophene rings is 1. The Morgan fingerprint density at radius 1 is 1.41 bits per heavy atom. The molecule has 1 atom stereocenters. The Morgan fingerprint density at radius 3 is 2.91 bits per heavy atom. The molecule has 1 fully saturated rings. The molecule has 5 nitrogen and oxygen atoms in total. The third kappa shape index (κ3) is 2.74. The molecule has 1 amide bonds. The lowest BCUT2D eigenvalue weighted by Crippen LogP contribution is -2.30. The van der Waals surface area contributed by atoms with Crippen LogP contribution in [-0.2, 0) is 0 Å². The van der Waals surface area contributed by atoms with E-state index in [1.165, 1.54) is 6.07 Å². The van der Waals surface area contributed by atoms with Gasteiger partial charge in [0.15, 0.2) is 0 Å². The molecule has 1 aliphatic heterocycles. The van der Waals surface area contributed by atoms with Crippen LogP contribution < -0.4 is 0 Å². The molecule has 0 spiro atoms. The molecule has 3 rings (SSSR count). The predicted octanol–water partition coefficient (Wildman–Crippen LogP) is 3.85. The van der Waals surface area contributed by atoms with Crippen LogP contribution in [0.4, 0.5) is 5.69 Å². The molecule has 1 aromatic carbocycles. The minimum absolute atomic E-state index is 0.00728. The number of rotatable bonds is 3. The highest BCUT2D eigenvalue weighted by Crippen LogP contribution is 2.40.